The van der Waals surface area contributed by atoms with E-state index in [2.05, 4.69) is 15.7 Å². The number of ether oxygens (including phenoxy) is 2. The number of hydrogen-bond acceptors (Lipinski definition) is 5. The zero-order chi connectivity index (χ0) is 19.1. The summed E-state index contributed by atoms with van der Waals surface area (Å²) in [6.07, 6.45) is 5.47. The Balaban J connectivity index is 1.47. The molecule has 3 rings (SSSR count). The predicted octanol–water partition coefficient (Wildman–Crippen LogP) is 1.37. The van der Waals surface area contributed by atoms with Crippen LogP contribution in [0.4, 0.5) is 5.69 Å². The predicted molar refractivity (Wildman–Crippen MR) is 99.5 cm³/mol. The van der Waals surface area contributed by atoms with Crippen molar-refractivity contribution in [2.75, 3.05) is 25.6 Å². The number of benzene rings is 1. The van der Waals surface area contributed by atoms with Crippen molar-refractivity contribution in [3.8, 4) is 5.75 Å². The lowest BCUT2D eigenvalue weighted by Crippen LogP contribution is -2.34. The molecule has 1 saturated heterocycles. The van der Waals surface area contributed by atoms with Crippen LogP contribution in [0.3, 0.4) is 0 Å². The molecule has 0 radical (unpaired) electrons. The third-order valence-electron chi connectivity index (χ3n) is 4.32. The highest BCUT2D eigenvalue weighted by atomic mass is 16.5. The number of rotatable bonds is 8. The Kier molecular flexibility index (Phi) is 6.43. The molecule has 2 heterocycles. The van der Waals surface area contributed by atoms with Gasteiger partial charge in [0.25, 0.3) is 0 Å². The second-order valence-corrected chi connectivity index (χ2v) is 6.40. The van der Waals surface area contributed by atoms with E-state index < -0.39 is 0 Å². The van der Waals surface area contributed by atoms with Gasteiger partial charge in [-0.25, -0.2) is 0 Å². The van der Waals surface area contributed by atoms with Gasteiger partial charge >= 0.3 is 0 Å². The van der Waals surface area contributed by atoms with Crippen LogP contribution in [0, 0.1) is 0 Å². The summed E-state index contributed by atoms with van der Waals surface area (Å²) in [5, 5.41) is 9.74. The first-order valence-corrected chi connectivity index (χ1v) is 8.96. The third-order valence-corrected chi connectivity index (χ3v) is 4.32. The van der Waals surface area contributed by atoms with Crippen molar-refractivity contribution < 1.29 is 19.1 Å². The molecule has 0 unspecified atom stereocenters. The Morgan fingerprint density at radius 1 is 1.33 bits per heavy atom. The van der Waals surface area contributed by atoms with Crippen LogP contribution >= 0.6 is 0 Å². The molecule has 144 valence electrons. The average molecular weight is 372 g/mol. The van der Waals surface area contributed by atoms with E-state index >= 15 is 0 Å². The number of methoxy groups -OCH3 is 1. The Labute approximate surface area is 157 Å². The van der Waals surface area contributed by atoms with Gasteiger partial charge in [-0.2, -0.15) is 5.10 Å². The molecule has 1 aliphatic heterocycles. The van der Waals surface area contributed by atoms with Gasteiger partial charge in [-0.05, 0) is 18.9 Å². The van der Waals surface area contributed by atoms with Gasteiger partial charge in [0, 0.05) is 24.9 Å². The summed E-state index contributed by atoms with van der Waals surface area (Å²) in [4.78, 5) is 24.2. The van der Waals surface area contributed by atoms with Crippen LogP contribution < -0.4 is 15.4 Å². The number of amides is 2. The summed E-state index contributed by atoms with van der Waals surface area (Å²) >= 11 is 0. The molecular formula is C19H24N4O4. The van der Waals surface area contributed by atoms with Gasteiger partial charge in [0.2, 0.25) is 11.8 Å². The number of anilines is 1. The number of para-hydroxylation sites is 1. The summed E-state index contributed by atoms with van der Waals surface area (Å²) in [6, 6.07) is 7.38. The maximum atomic E-state index is 12.2. The molecule has 0 saturated carbocycles. The molecule has 0 spiro atoms. The SMILES string of the molecule is COc1ccccc1CC(=O)Nc1cnn(CC(=O)NC[C@H]2CCCO2)c1. The molecule has 8 heteroatoms. The topological polar surface area (TPSA) is 94.5 Å². The van der Waals surface area contributed by atoms with Gasteiger partial charge in [-0.1, -0.05) is 18.2 Å². The summed E-state index contributed by atoms with van der Waals surface area (Å²) in [5.74, 6) is 0.355. The third kappa shape index (κ3) is 5.55. The van der Waals surface area contributed by atoms with Gasteiger partial charge in [-0.3, -0.25) is 14.3 Å². The minimum atomic E-state index is -0.179. The summed E-state index contributed by atoms with van der Waals surface area (Å²) in [7, 11) is 1.57. The van der Waals surface area contributed by atoms with Crippen LogP contribution in [-0.2, 0) is 27.3 Å². The largest absolute Gasteiger partial charge is 0.496 e. The number of carbonyl (C=O) groups is 2. The van der Waals surface area contributed by atoms with Crippen molar-refractivity contribution in [1.29, 1.82) is 0 Å². The maximum Gasteiger partial charge on any atom is 0.241 e. The Hall–Kier alpha value is -2.87. The quantitative estimate of drug-likeness (QED) is 0.730. The molecule has 1 atom stereocenters. The van der Waals surface area contributed by atoms with E-state index in [1.807, 2.05) is 24.3 Å². The summed E-state index contributed by atoms with van der Waals surface area (Å²) in [5.41, 5.74) is 1.35. The smallest absolute Gasteiger partial charge is 0.241 e. The molecule has 0 aliphatic carbocycles. The van der Waals surface area contributed by atoms with Gasteiger partial charge < -0.3 is 20.1 Å². The zero-order valence-electron chi connectivity index (χ0n) is 15.3. The van der Waals surface area contributed by atoms with Crippen molar-refractivity contribution in [2.24, 2.45) is 0 Å². The Bertz CT molecular complexity index is 784. The van der Waals surface area contributed by atoms with Gasteiger partial charge in [0.1, 0.15) is 12.3 Å². The molecule has 1 aromatic heterocycles. The first kappa shape index (κ1) is 18.9. The first-order valence-electron chi connectivity index (χ1n) is 8.96. The molecule has 0 bridgehead atoms. The molecule has 2 N–H and O–H groups in total. The van der Waals surface area contributed by atoms with Crippen molar-refractivity contribution in [2.45, 2.75) is 31.9 Å². The molecule has 8 nitrogen and oxygen atoms in total. The van der Waals surface area contributed by atoms with Crippen molar-refractivity contribution in [3.63, 3.8) is 0 Å². The molecule has 2 amide bonds. The molecular weight excluding hydrogens is 348 g/mol. The highest BCUT2D eigenvalue weighted by molar-refractivity contribution is 5.92. The van der Waals surface area contributed by atoms with Gasteiger partial charge in [0.15, 0.2) is 0 Å². The second kappa shape index (κ2) is 9.18. The molecule has 1 fully saturated rings. The monoisotopic (exact) mass is 372 g/mol. The van der Waals surface area contributed by atoms with E-state index in [4.69, 9.17) is 9.47 Å². The zero-order valence-corrected chi connectivity index (χ0v) is 15.3. The van der Waals surface area contributed by atoms with Crippen LogP contribution in [-0.4, -0.2) is 48.0 Å². The van der Waals surface area contributed by atoms with Gasteiger partial charge in [0.05, 0.1) is 31.5 Å². The summed E-state index contributed by atoms with van der Waals surface area (Å²) < 4.78 is 12.2. The number of carbonyl (C=O) groups excluding carboxylic acids is 2. The highest BCUT2D eigenvalue weighted by Gasteiger charge is 2.16. The van der Waals surface area contributed by atoms with Crippen LogP contribution in [0.5, 0.6) is 5.75 Å². The fraction of sp³-hybridized carbons (Fsp3) is 0.421. The summed E-state index contributed by atoms with van der Waals surface area (Å²) in [6.45, 7) is 1.37. The Morgan fingerprint density at radius 3 is 2.96 bits per heavy atom. The van der Waals surface area contributed by atoms with Crippen molar-refractivity contribution in [1.82, 2.24) is 15.1 Å². The first-order chi connectivity index (χ1) is 13.1. The number of nitrogens with one attached hydrogen (secondary N) is 2. The Morgan fingerprint density at radius 2 is 2.19 bits per heavy atom. The average Bonchev–Trinajstić information content (AvgIpc) is 3.32. The second-order valence-electron chi connectivity index (χ2n) is 6.40. The number of hydrogen-bond donors (Lipinski definition) is 2. The van der Waals surface area contributed by atoms with E-state index in [1.54, 1.807) is 13.3 Å². The fourth-order valence-electron chi connectivity index (χ4n) is 2.98. The van der Waals surface area contributed by atoms with E-state index in [9.17, 15) is 9.59 Å². The van der Waals surface area contributed by atoms with E-state index in [-0.39, 0.29) is 30.9 Å². The van der Waals surface area contributed by atoms with Crippen LogP contribution in [0.25, 0.3) is 0 Å². The molecule has 27 heavy (non-hydrogen) atoms. The molecule has 1 aromatic carbocycles. The molecule has 1 aliphatic rings. The van der Waals surface area contributed by atoms with Crippen LogP contribution in [0.15, 0.2) is 36.7 Å². The van der Waals surface area contributed by atoms with Crippen molar-refractivity contribution in [3.05, 3.63) is 42.2 Å². The number of nitrogens with zero attached hydrogens (tertiary/aromatic N) is 2. The fourth-order valence-corrected chi connectivity index (χ4v) is 2.98. The number of aromatic nitrogens is 2. The van der Waals surface area contributed by atoms with E-state index in [0.29, 0.717) is 18.0 Å². The van der Waals surface area contributed by atoms with E-state index in [0.717, 1.165) is 25.0 Å². The van der Waals surface area contributed by atoms with Gasteiger partial charge in [-0.15, -0.1) is 0 Å². The van der Waals surface area contributed by atoms with E-state index in [1.165, 1.54) is 10.9 Å². The highest BCUT2D eigenvalue weighted by Crippen LogP contribution is 2.18. The standard InChI is InChI=1S/C19H24N4O4/c1-26-17-7-3-2-5-14(17)9-18(24)22-15-10-21-23(12-15)13-19(25)20-11-16-6-4-8-27-16/h2-3,5,7,10,12,16H,4,6,8-9,11,13H2,1H3,(H,20,25)(H,22,24)/t16-/m1/s1. The minimum absolute atomic E-state index is 0.0924. The molecule has 2 aromatic rings. The lowest BCUT2D eigenvalue weighted by Gasteiger charge is -2.10. The van der Waals surface area contributed by atoms with Crippen molar-refractivity contribution >= 4 is 17.5 Å². The van der Waals surface area contributed by atoms with Crippen LogP contribution in [0.1, 0.15) is 18.4 Å². The van der Waals surface area contributed by atoms with Crippen LogP contribution in [0.2, 0.25) is 0 Å². The maximum absolute atomic E-state index is 12.2. The lowest BCUT2D eigenvalue weighted by molar-refractivity contribution is -0.122. The normalized spacial score (nSPS) is 16.1. The lowest BCUT2D eigenvalue weighted by atomic mass is 10.1. The minimum Gasteiger partial charge on any atom is -0.496 e.